The average Bonchev–Trinajstić information content (AvgIpc) is 3.79. The fourth-order valence-electron chi connectivity index (χ4n) is 8.20. The lowest BCUT2D eigenvalue weighted by Gasteiger charge is -2.44. The highest BCUT2D eigenvalue weighted by atomic mass is 19.3. The summed E-state index contributed by atoms with van der Waals surface area (Å²) in [4.78, 5) is 11.1. The number of alkyl halides is 2. The summed E-state index contributed by atoms with van der Waals surface area (Å²) < 4.78 is 84.7. The fraction of sp³-hybridized carbons (Fsp3) is 0.380. The van der Waals surface area contributed by atoms with Crippen molar-refractivity contribution < 1.29 is 61.3 Å². The number of phenols is 1. The molecule has 0 radical (unpaired) electrons. The molecule has 1 aliphatic carbocycles. The Morgan fingerprint density at radius 2 is 1.36 bits per heavy atom. The summed E-state index contributed by atoms with van der Waals surface area (Å²) >= 11 is 0. The molecule has 340 valence electrons. The number of para-hydroxylation sites is 1. The first-order valence-corrected chi connectivity index (χ1v) is 21.3. The van der Waals surface area contributed by atoms with E-state index in [9.17, 15) is 9.90 Å². The highest BCUT2D eigenvalue weighted by Crippen LogP contribution is 2.44. The first-order chi connectivity index (χ1) is 31.3. The van der Waals surface area contributed by atoms with E-state index in [2.05, 4.69) is 5.32 Å². The topological polar surface area (TPSA) is 132 Å². The maximum absolute atomic E-state index is 16.7. The smallest absolute Gasteiger partial charge is 0.293 e. The zero-order valence-electron chi connectivity index (χ0n) is 35.9. The summed E-state index contributed by atoms with van der Waals surface area (Å²) in [6.45, 7) is 0.679. The van der Waals surface area contributed by atoms with Gasteiger partial charge in [0.15, 0.2) is 23.0 Å². The largest absolute Gasteiger partial charge is 0.502 e. The second-order valence-electron chi connectivity index (χ2n) is 15.8. The third kappa shape index (κ3) is 12.1. The first-order valence-electron chi connectivity index (χ1n) is 21.3. The van der Waals surface area contributed by atoms with Crippen LogP contribution in [0.15, 0.2) is 121 Å². The van der Waals surface area contributed by atoms with E-state index in [-0.39, 0.29) is 57.9 Å². The number of nitrogens with one attached hydrogen (secondary N) is 1. The van der Waals surface area contributed by atoms with Crippen molar-refractivity contribution in [3.05, 3.63) is 149 Å². The van der Waals surface area contributed by atoms with Crippen LogP contribution in [0.25, 0.3) is 0 Å². The standard InChI is InChI=1S/C42H45F2NO8.C8H10O3/c43-42(44,26-45-40-33(24-48-27-46)17-16-32-18-35-36(19-34(32)40)52-28-51-35)39-20-37(49-22-30-12-6-2-7-13-30)41(50-23-31-14-8-3-9-15-31)38(53-39)25-47-21-29-10-4-1-5-11-29;1-10-6-4-3-5-7(11-2)8(6)9/h1-15,18-19,27,33,37-41,45H,16-17,20-26,28H2;3-5,9H,1-2H3/t33?,37?,38?,39?,40?,41-;/m0./s1. The molecule has 0 aromatic heterocycles. The molecule has 64 heavy (non-hydrogen) atoms. The van der Waals surface area contributed by atoms with Gasteiger partial charge in [-0.05, 0) is 64.9 Å². The molecule has 0 spiro atoms. The molecule has 2 heterocycles. The number of benzene rings is 5. The first kappa shape index (κ1) is 46.2. The lowest BCUT2D eigenvalue weighted by molar-refractivity contribution is -0.261. The van der Waals surface area contributed by atoms with Crippen molar-refractivity contribution in [1.29, 1.82) is 0 Å². The van der Waals surface area contributed by atoms with Crippen LogP contribution in [0.4, 0.5) is 8.78 Å². The van der Waals surface area contributed by atoms with E-state index in [0.717, 1.165) is 27.8 Å². The van der Waals surface area contributed by atoms with E-state index in [0.29, 0.717) is 42.3 Å². The van der Waals surface area contributed by atoms with Gasteiger partial charge in [-0.1, -0.05) is 97.1 Å². The predicted molar refractivity (Wildman–Crippen MR) is 233 cm³/mol. The van der Waals surface area contributed by atoms with Crippen LogP contribution in [0.2, 0.25) is 0 Å². The average molecular weight is 884 g/mol. The molecule has 1 fully saturated rings. The van der Waals surface area contributed by atoms with Gasteiger partial charge in [-0.15, -0.1) is 0 Å². The Hall–Kier alpha value is -5.77. The molecule has 5 aromatic carbocycles. The summed E-state index contributed by atoms with van der Waals surface area (Å²) in [5, 5.41) is 12.5. The van der Waals surface area contributed by atoms with Gasteiger partial charge < -0.3 is 53.1 Å². The van der Waals surface area contributed by atoms with Gasteiger partial charge in [-0.3, -0.25) is 4.79 Å². The monoisotopic (exact) mass is 883 g/mol. The van der Waals surface area contributed by atoms with Crippen molar-refractivity contribution in [3.8, 4) is 28.7 Å². The minimum atomic E-state index is -3.33. The number of aromatic hydroxyl groups is 1. The van der Waals surface area contributed by atoms with Crippen LogP contribution in [-0.2, 0) is 54.7 Å². The number of halogens is 2. The van der Waals surface area contributed by atoms with Crippen molar-refractivity contribution in [2.24, 2.45) is 5.92 Å². The van der Waals surface area contributed by atoms with Gasteiger partial charge in [0, 0.05) is 18.4 Å². The minimum Gasteiger partial charge on any atom is -0.502 e. The van der Waals surface area contributed by atoms with Crippen molar-refractivity contribution in [3.63, 3.8) is 0 Å². The Bertz CT molecular complexity index is 2180. The van der Waals surface area contributed by atoms with Crippen molar-refractivity contribution >= 4 is 6.47 Å². The van der Waals surface area contributed by atoms with Crippen LogP contribution in [-0.4, -0.2) is 82.7 Å². The van der Waals surface area contributed by atoms with Crippen molar-refractivity contribution in [2.75, 3.05) is 40.8 Å². The number of phenolic OH excluding ortho intramolecular Hbond substituents is 1. The molecule has 6 atom stereocenters. The van der Waals surface area contributed by atoms with Gasteiger partial charge in [0.05, 0.1) is 59.9 Å². The minimum absolute atomic E-state index is 0.0217. The second-order valence-corrected chi connectivity index (χ2v) is 15.8. The Morgan fingerprint density at radius 3 is 1.97 bits per heavy atom. The molecule has 2 N–H and O–H groups in total. The van der Waals surface area contributed by atoms with Gasteiger partial charge in [-0.2, -0.15) is 0 Å². The molecule has 5 aromatic rings. The number of methoxy groups -OCH3 is 2. The van der Waals surface area contributed by atoms with Crippen LogP contribution < -0.4 is 24.3 Å². The number of hydrogen-bond acceptors (Lipinski definition) is 12. The highest BCUT2D eigenvalue weighted by Gasteiger charge is 2.51. The molecule has 8 rings (SSSR count). The van der Waals surface area contributed by atoms with E-state index < -0.39 is 42.9 Å². The third-order valence-electron chi connectivity index (χ3n) is 11.5. The lowest BCUT2D eigenvalue weighted by Crippen LogP contribution is -2.58. The fourth-order valence-corrected chi connectivity index (χ4v) is 8.20. The van der Waals surface area contributed by atoms with Gasteiger partial charge in [0.2, 0.25) is 12.5 Å². The van der Waals surface area contributed by atoms with E-state index in [1.54, 1.807) is 18.2 Å². The van der Waals surface area contributed by atoms with E-state index in [1.807, 2.05) is 103 Å². The Balaban J connectivity index is 0.000000487. The number of aryl methyl sites for hydroxylation is 1. The maximum Gasteiger partial charge on any atom is 0.293 e. The Morgan fingerprint density at radius 1 is 0.766 bits per heavy atom. The molecule has 14 heteroatoms. The molecule has 5 unspecified atom stereocenters. The molecule has 2 aliphatic heterocycles. The van der Waals surface area contributed by atoms with Gasteiger partial charge in [-0.25, -0.2) is 8.78 Å². The number of fused-ring (bicyclic) bond motifs is 2. The van der Waals surface area contributed by atoms with Crippen LogP contribution in [0.1, 0.15) is 46.7 Å². The summed E-state index contributed by atoms with van der Waals surface area (Å²) in [6.07, 6.45) is -2.55. The molecular weight excluding hydrogens is 829 g/mol. The van der Waals surface area contributed by atoms with Gasteiger partial charge in [0.25, 0.3) is 12.4 Å². The second kappa shape index (κ2) is 22.7. The highest BCUT2D eigenvalue weighted by molar-refractivity contribution is 5.51. The molecular formula is C50H55F2NO11. The van der Waals surface area contributed by atoms with Crippen molar-refractivity contribution in [2.45, 2.75) is 75.5 Å². The zero-order chi connectivity index (χ0) is 44.7. The SMILES string of the molecule is COc1cccc(OC)c1O.O=COCC1CCc2cc3c(cc2C1NCC(F)(F)C1CC(OCc2ccccc2)[C@H](OCc2ccccc2)C(COCc2ccccc2)O1)OCO3. The van der Waals surface area contributed by atoms with E-state index in [1.165, 1.54) is 14.2 Å². The summed E-state index contributed by atoms with van der Waals surface area (Å²) in [5.74, 6) is -1.48. The quantitative estimate of drug-likeness (QED) is 0.0773. The number of carbonyl (C=O) groups is 1. The van der Waals surface area contributed by atoms with Gasteiger partial charge in [0.1, 0.15) is 18.3 Å². The van der Waals surface area contributed by atoms with Crippen LogP contribution in [0, 0.1) is 5.92 Å². The number of carbonyl (C=O) groups excluding carboxylic acids is 1. The molecule has 12 nitrogen and oxygen atoms in total. The number of hydrogen-bond donors (Lipinski definition) is 2. The van der Waals surface area contributed by atoms with Crippen molar-refractivity contribution in [1.82, 2.24) is 5.32 Å². The molecule has 0 amide bonds. The predicted octanol–water partition coefficient (Wildman–Crippen LogP) is 8.37. The van der Waals surface area contributed by atoms with E-state index >= 15 is 8.78 Å². The maximum atomic E-state index is 16.7. The lowest BCUT2D eigenvalue weighted by atomic mass is 9.79. The summed E-state index contributed by atoms with van der Waals surface area (Å²) in [5.41, 5.74) is 4.62. The molecule has 3 aliphatic rings. The Labute approximate surface area is 372 Å². The van der Waals surface area contributed by atoms with Crippen LogP contribution in [0.3, 0.4) is 0 Å². The van der Waals surface area contributed by atoms with Gasteiger partial charge >= 0.3 is 0 Å². The van der Waals surface area contributed by atoms with E-state index in [4.69, 9.17) is 42.6 Å². The molecule has 0 saturated carbocycles. The normalized spacial score (nSPS) is 21.2. The zero-order valence-corrected chi connectivity index (χ0v) is 35.9. The third-order valence-corrected chi connectivity index (χ3v) is 11.5. The van der Waals surface area contributed by atoms with Crippen LogP contribution >= 0.6 is 0 Å². The Kier molecular flexibility index (Phi) is 16.4. The summed E-state index contributed by atoms with van der Waals surface area (Å²) in [7, 11) is 2.99. The molecule has 1 saturated heterocycles. The molecule has 0 bridgehead atoms. The van der Waals surface area contributed by atoms with Crippen LogP contribution in [0.5, 0.6) is 28.7 Å². The number of ether oxygens (including phenoxy) is 9. The summed E-state index contributed by atoms with van der Waals surface area (Å²) in [6, 6.07) is 37.3. The number of rotatable bonds is 19.